The molecule has 0 aliphatic heterocycles. The third-order valence-corrected chi connectivity index (χ3v) is 1.73. The average Bonchev–Trinajstić information content (AvgIpc) is 2.47. The summed E-state index contributed by atoms with van der Waals surface area (Å²) in [5, 5.41) is 5.08. The number of hydrogen-bond donors (Lipinski definition) is 2. The maximum Gasteiger partial charge on any atom is 0.362 e. The van der Waals surface area contributed by atoms with Gasteiger partial charge in [-0.05, 0) is 14.1 Å². The Hall–Kier alpha value is -1.30. The Labute approximate surface area is 76.6 Å². The molecule has 0 fully saturated rings. The Balaban J connectivity index is 2.48. The number of hydrogen-bond acceptors (Lipinski definition) is 4. The van der Waals surface area contributed by atoms with Crippen LogP contribution in [-0.2, 0) is 0 Å². The smallest absolute Gasteiger partial charge is 0.343 e. The second-order valence-electron chi connectivity index (χ2n) is 3.22. The summed E-state index contributed by atoms with van der Waals surface area (Å²) in [5.74, 6) is 0.576. The molecule has 0 spiro atoms. The van der Waals surface area contributed by atoms with Crippen molar-refractivity contribution in [1.82, 2.24) is 20.1 Å². The predicted molar refractivity (Wildman–Crippen MR) is 51.0 cm³/mol. The topological polar surface area (TPSA) is 68.0 Å². The van der Waals surface area contributed by atoms with Crippen molar-refractivity contribution in [3.05, 3.63) is 10.5 Å². The molecule has 1 heterocycles. The second kappa shape index (κ2) is 4.08. The van der Waals surface area contributed by atoms with Gasteiger partial charge in [-0.15, -0.1) is 0 Å². The van der Waals surface area contributed by atoms with Gasteiger partial charge in [-0.2, -0.15) is 4.98 Å². The van der Waals surface area contributed by atoms with Gasteiger partial charge in [0.2, 0.25) is 5.95 Å². The van der Waals surface area contributed by atoms with Crippen molar-refractivity contribution >= 4 is 5.95 Å². The van der Waals surface area contributed by atoms with Gasteiger partial charge in [0.1, 0.15) is 0 Å². The number of aromatic nitrogens is 3. The maximum absolute atomic E-state index is 10.7. The summed E-state index contributed by atoms with van der Waals surface area (Å²) in [5.41, 5.74) is -0.341. The minimum atomic E-state index is -0.341. The molecule has 2 N–H and O–H groups in total. The molecule has 0 saturated heterocycles. The van der Waals surface area contributed by atoms with Gasteiger partial charge in [-0.25, -0.2) is 9.89 Å². The number of rotatable bonds is 4. The van der Waals surface area contributed by atoms with Gasteiger partial charge < -0.3 is 9.80 Å². The van der Waals surface area contributed by atoms with Crippen molar-refractivity contribution in [2.24, 2.45) is 0 Å². The first-order valence-electron chi connectivity index (χ1n) is 4.10. The van der Waals surface area contributed by atoms with Crippen molar-refractivity contribution in [3.8, 4) is 0 Å². The molecule has 0 saturated carbocycles. The molecule has 1 aromatic heterocycles. The number of likely N-dealkylation sites (N-methyl/N-ethyl adjacent to an activating group) is 2. The minimum absolute atomic E-state index is 0.341. The SMILES string of the molecule is CN(C)CCN(C)c1nc(=O)[nH][nH]1. The Bertz CT molecular complexity index is 302. The van der Waals surface area contributed by atoms with E-state index in [0.717, 1.165) is 13.1 Å². The van der Waals surface area contributed by atoms with Gasteiger partial charge in [0.05, 0.1) is 0 Å². The standard InChI is InChI=1S/C7H15N5O/c1-11(2)4-5-12(3)6-8-7(13)10-9-6/h4-5H2,1-3H3,(H2,8,9,10,13). The highest BCUT2D eigenvalue weighted by Crippen LogP contribution is 1.97. The molecule has 1 rings (SSSR count). The molecule has 0 amide bonds. The fourth-order valence-corrected chi connectivity index (χ4v) is 0.898. The van der Waals surface area contributed by atoms with E-state index < -0.39 is 0 Å². The van der Waals surface area contributed by atoms with E-state index in [2.05, 4.69) is 20.1 Å². The van der Waals surface area contributed by atoms with Crippen molar-refractivity contribution < 1.29 is 0 Å². The van der Waals surface area contributed by atoms with Crippen LogP contribution in [-0.4, -0.2) is 54.3 Å². The number of nitrogens with zero attached hydrogens (tertiary/aromatic N) is 3. The van der Waals surface area contributed by atoms with E-state index in [0.29, 0.717) is 5.95 Å². The first-order chi connectivity index (χ1) is 6.09. The summed E-state index contributed by atoms with van der Waals surface area (Å²) in [6.07, 6.45) is 0. The molecule has 0 atom stereocenters. The molecule has 6 nitrogen and oxygen atoms in total. The summed E-state index contributed by atoms with van der Waals surface area (Å²) in [4.78, 5) is 18.4. The van der Waals surface area contributed by atoms with E-state index in [4.69, 9.17) is 0 Å². The molecule has 6 heteroatoms. The van der Waals surface area contributed by atoms with E-state index in [1.54, 1.807) is 0 Å². The fraction of sp³-hybridized carbons (Fsp3) is 0.714. The number of anilines is 1. The molecule has 0 bridgehead atoms. The van der Waals surface area contributed by atoms with Crippen molar-refractivity contribution in [2.45, 2.75) is 0 Å². The number of aromatic amines is 2. The zero-order chi connectivity index (χ0) is 9.84. The summed E-state index contributed by atoms with van der Waals surface area (Å²) in [7, 11) is 5.89. The molecule has 0 unspecified atom stereocenters. The lowest BCUT2D eigenvalue weighted by Gasteiger charge is -2.17. The van der Waals surface area contributed by atoms with Crippen LogP contribution in [0.3, 0.4) is 0 Å². The number of H-pyrrole nitrogens is 2. The van der Waals surface area contributed by atoms with Crippen LogP contribution in [0.2, 0.25) is 0 Å². The van der Waals surface area contributed by atoms with Crippen LogP contribution in [0.4, 0.5) is 5.95 Å². The van der Waals surface area contributed by atoms with Crippen LogP contribution in [0.1, 0.15) is 0 Å². The van der Waals surface area contributed by atoms with Gasteiger partial charge >= 0.3 is 5.69 Å². The van der Waals surface area contributed by atoms with Gasteiger partial charge in [-0.1, -0.05) is 0 Å². The van der Waals surface area contributed by atoms with Crippen LogP contribution in [0.25, 0.3) is 0 Å². The van der Waals surface area contributed by atoms with Gasteiger partial charge in [-0.3, -0.25) is 5.10 Å². The Morgan fingerprint density at radius 2 is 1.92 bits per heavy atom. The molecule has 0 aromatic carbocycles. The molecule has 0 radical (unpaired) electrons. The first kappa shape index (κ1) is 9.79. The lowest BCUT2D eigenvalue weighted by molar-refractivity contribution is 0.415. The molecule has 0 aliphatic carbocycles. The van der Waals surface area contributed by atoms with E-state index in [1.807, 2.05) is 26.0 Å². The van der Waals surface area contributed by atoms with E-state index >= 15 is 0 Å². The van der Waals surface area contributed by atoms with Crippen LogP contribution in [0.15, 0.2) is 4.79 Å². The van der Waals surface area contributed by atoms with Crippen molar-refractivity contribution in [1.29, 1.82) is 0 Å². The van der Waals surface area contributed by atoms with Crippen LogP contribution in [0, 0.1) is 0 Å². The minimum Gasteiger partial charge on any atom is -0.343 e. The Kier molecular flexibility index (Phi) is 3.07. The first-order valence-corrected chi connectivity index (χ1v) is 4.10. The fourth-order valence-electron chi connectivity index (χ4n) is 0.898. The largest absolute Gasteiger partial charge is 0.362 e. The predicted octanol–water partition coefficient (Wildman–Crippen LogP) is -0.904. The molecule has 13 heavy (non-hydrogen) atoms. The summed E-state index contributed by atoms with van der Waals surface area (Å²) < 4.78 is 0. The molecular formula is C7H15N5O. The lowest BCUT2D eigenvalue weighted by atomic mass is 10.5. The quantitative estimate of drug-likeness (QED) is 0.637. The highest BCUT2D eigenvalue weighted by molar-refractivity contribution is 5.24. The van der Waals surface area contributed by atoms with E-state index in [9.17, 15) is 4.79 Å². The van der Waals surface area contributed by atoms with Gasteiger partial charge in [0.15, 0.2) is 0 Å². The molecule has 0 aliphatic rings. The zero-order valence-electron chi connectivity index (χ0n) is 8.16. The Morgan fingerprint density at radius 1 is 1.23 bits per heavy atom. The summed E-state index contributed by atoms with van der Waals surface area (Å²) in [6.45, 7) is 1.75. The third kappa shape index (κ3) is 2.90. The number of nitrogens with one attached hydrogen (secondary N) is 2. The summed E-state index contributed by atoms with van der Waals surface area (Å²) >= 11 is 0. The molecule has 74 valence electrons. The van der Waals surface area contributed by atoms with Crippen LogP contribution in [0.5, 0.6) is 0 Å². The zero-order valence-corrected chi connectivity index (χ0v) is 8.16. The van der Waals surface area contributed by atoms with Gasteiger partial charge in [0.25, 0.3) is 0 Å². The van der Waals surface area contributed by atoms with E-state index in [1.165, 1.54) is 0 Å². The molecular weight excluding hydrogens is 170 g/mol. The normalized spacial score (nSPS) is 10.8. The highest BCUT2D eigenvalue weighted by atomic mass is 16.1. The lowest BCUT2D eigenvalue weighted by Crippen LogP contribution is -2.29. The van der Waals surface area contributed by atoms with Crippen molar-refractivity contribution in [2.75, 3.05) is 39.1 Å². The Morgan fingerprint density at radius 3 is 2.38 bits per heavy atom. The van der Waals surface area contributed by atoms with Crippen molar-refractivity contribution in [3.63, 3.8) is 0 Å². The monoisotopic (exact) mass is 185 g/mol. The third-order valence-electron chi connectivity index (χ3n) is 1.73. The average molecular weight is 185 g/mol. The highest BCUT2D eigenvalue weighted by Gasteiger charge is 2.04. The maximum atomic E-state index is 10.7. The second-order valence-corrected chi connectivity index (χ2v) is 3.22. The van der Waals surface area contributed by atoms with Gasteiger partial charge in [0, 0.05) is 20.1 Å². The van der Waals surface area contributed by atoms with Crippen LogP contribution >= 0.6 is 0 Å². The summed E-state index contributed by atoms with van der Waals surface area (Å²) in [6, 6.07) is 0. The van der Waals surface area contributed by atoms with Crippen LogP contribution < -0.4 is 10.6 Å². The molecule has 1 aromatic rings. The van der Waals surface area contributed by atoms with E-state index in [-0.39, 0.29) is 5.69 Å².